The van der Waals surface area contributed by atoms with Crippen molar-refractivity contribution >= 4 is 28.9 Å². The van der Waals surface area contributed by atoms with E-state index in [4.69, 9.17) is 9.42 Å². The summed E-state index contributed by atoms with van der Waals surface area (Å²) in [6.45, 7) is 3.75. The van der Waals surface area contributed by atoms with Gasteiger partial charge in [0.1, 0.15) is 0 Å². The van der Waals surface area contributed by atoms with Gasteiger partial charge in [0.25, 0.3) is 0 Å². The first-order valence-corrected chi connectivity index (χ1v) is 6.76. The Morgan fingerprint density at radius 3 is 2.89 bits per heavy atom. The number of hydrogen-bond acceptors (Lipinski definition) is 3. The van der Waals surface area contributed by atoms with Crippen molar-refractivity contribution < 1.29 is 9.42 Å². The van der Waals surface area contributed by atoms with E-state index in [0.717, 1.165) is 0 Å². The summed E-state index contributed by atoms with van der Waals surface area (Å²) in [7, 11) is 0. The van der Waals surface area contributed by atoms with Gasteiger partial charge in [0.05, 0.1) is 6.61 Å². The highest BCUT2D eigenvalue weighted by atomic mass is 32.9. The van der Waals surface area contributed by atoms with Crippen molar-refractivity contribution in [2.24, 2.45) is 0 Å². The second-order valence-electron chi connectivity index (χ2n) is 1.24. The summed E-state index contributed by atoms with van der Waals surface area (Å²) in [6.07, 6.45) is 3.29. The zero-order valence-electron chi connectivity index (χ0n) is 5.11. The third-order valence-corrected chi connectivity index (χ3v) is 4.88. The third-order valence-electron chi connectivity index (χ3n) is 0.586. The van der Waals surface area contributed by atoms with Gasteiger partial charge in [-0.05, 0) is 18.1 Å². The summed E-state index contributed by atoms with van der Waals surface area (Å²) in [6, 6.07) is 0. The maximum absolute atomic E-state index is 9.07. The minimum absolute atomic E-state index is 0.328. The van der Waals surface area contributed by atoms with E-state index in [9.17, 15) is 0 Å². The van der Waals surface area contributed by atoms with Gasteiger partial charge in [-0.25, -0.2) is 0 Å². The van der Waals surface area contributed by atoms with Gasteiger partial charge < -0.3 is 9.42 Å². The molecule has 0 aromatic rings. The van der Waals surface area contributed by atoms with Crippen molar-refractivity contribution in [1.82, 2.24) is 0 Å². The normalized spacial score (nSPS) is 16.7. The average molecular weight is 184 g/mol. The predicted molar refractivity (Wildman–Crippen MR) is 46.2 cm³/mol. The van der Waals surface area contributed by atoms with Gasteiger partial charge in [0.15, 0.2) is 0 Å². The van der Waals surface area contributed by atoms with Gasteiger partial charge in [-0.2, -0.15) is 0 Å². The van der Waals surface area contributed by atoms with Crippen molar-refractivity contribution in [1.29, 1.82) is 0 Å². The molecule has 54 valence electrons. The summed E-state index contributed by atoms with van der Waals surface area (Å²) in [5.41, 5.74) is -2.51. The van der Waals surface area contributed by atoms with Crippen LogP contribution in [0.15, 0.2) is 12.7 Å². The van der Waals surface area contributed by atoms with E-state index in [1.807, 2.05) is 0 Å². The molecule has 9 heavy (non-hydrogen) atoms. The summed E-state index contributed by atoms with van der Waals surface area (Å²) >= 11 is 5.85. The highest BCUT2D eigenvalue weighted by Gasteiger charge is 2.08. The molecule has 0 saturated heterocycles. The van der Waals surface area contributed by atoms with Gasteiger partial charge in [-0.1, -0.05) is 17.5 Å². The Hall–Kier alpha value is 0.660. The highest BCUT2D eigenvalue weighted by Crippen LogP contribution is 2.54. The molecule has 0 aromatic carbocycles. The Morgan fingerprint density at radius 1 is 2.00 bits per heavy atom. The van der Waals surface area contributed by atoms with Crippen LogP contribution in [-0.2, 0) is 16.3 Å². The average Bonchev–Trinajstić information content (AvgIpc) is 1.84. The second-order valence-corrected chi connectivity index (χ2v) is 7.55. The van der Waals surface area contributed by atoms with E-state index in [2.05, 4.69) is 18.4 Å². The van der Waals surface area contributed by atoms with Gasteiger partial charge in [0, 0.05) is 0 Å². The van der Waals surface area contributed by atoms with E-state index in [1.165, 1.54) is 11.4 Å². The van der Waals surface area contributed by atoms with Gasteiger partial charge in [-0.3, -0.25) is 0 Å². The largest absolute Gasteiger partial charge is 0.337 e. The van der Waals surface area contributed by atoms with E-state index in [0.29, 0.717) is 6.61 Å². The van der Waals surface area contributed by atoms with Crippen LogP contribution in [0.5, 0.6) is 0 Å². The van der Waals surface area contributed by atoms with Crippen LogP contribution < -0.4 is 0 Å². The van der Waals surface area contributed by atoms with Crippen molar-refractivity contribution in [3.63, 3.8) is 0 Å². The quantitative estimate of drug-likeness (QED) is 0.532. The van der Waals surface area contributed by atoms with Crippen LogP contribution in [0.3, 0.4) is 0 Å². The first-order chi connectivity index (χ1) is 4.12. The van der Waals surface area contributed by atoms with Crippen LogP contribution in [0.4, 0.5) is 0 Å². The third kappa shape index (κ3) is 5.12. The lowest BCUT2D eigenvalue weighted by Crippen LogP contribution is -1.83. The maximum Gasteiger partial charge on any atom is 0.244 e. The Morgan fingerprint density at radius 2 is 2.56 bits per heavy atom. The Bertz CT molecular complexity index is 137. The van der Waals surface area contributed by atoms with E-state index >= 15 is 0 Å². The summed E-state index contributed by atoms with van der Waals surface area (Å²) in [5.74, 6) is 0. The second kappa shape index (κ2) is 4.47. The number of rotatable bonds is 4. The van der Waals surface area contributed by atoms with Crippen molar-refractivity contribution in [2.45, 2.75) is 0 Å². The van der Waals surface area contributed by atoms with Crippen molar-refractivity contribution in [3.8, 4) is 0 Å². The summed E-state index contributed by atoms with van der Waals surface area (Å²) in [4.78, 5) is 9.07. The predicted octanol–water partition coefficient (Wildman–Crippen LogP) is 1.77. The molecule has 1 N–H and O–H groups in total. The van der Waals surface area contributed by atoms with Crippen molar-refractivity contribution in [2.75, 3.05) is 12.9 Å². The maximum atomic E-state index is 9.07. The first-order valence-electron chi connectivity index (χ1n) is 2.26. The molecule has 2 nitrogen and oxygen atoms in total. The molecule has 0 fully saturated rings. The summed E-state index contributed by atoms with van der Waals surface area (Å²) in [5, 5.41) is 0. The van der Waals surface area contributed by atoms with Crippen LogP contribution in [0.2, 0.25) is 0 Å². The fraction of sp³-hybridized carbons (Fsp3) is 0.500. The molecule has 0 spiro atoms. The lowest BCUT2D eigenvalue weighted by molar-refractivity contribution is 0.361. The van der Waals surface area contributed by atoms with E-state index in [-0.39, 0.29) is 0 Å². The zero-order chi connectivity index (χ0) is 7.33. The topological polar surface area (TPSA) is 29.5 Å². The molecular formula is C4H9O2PS2. The molecule has 1 unspecified atom stereocenters. The van der Waals surface area contributed by atoms with Crippen LogP contribution in [-0.4, -0.2) is 17.8 Å². The summed E-state index contributed by atoms with van der Waals surface area (Å²) < 4.78 is 4.85. The molecule has 0 aromatic heterocycles. The van der Waals surface area contributed by atoms with E-state index < -0.39 is 5.69 Å². The minimum atomic E-state index is -2.51. The standard InChI is InChI=1S/C4H9O2PS2/c1-3-4-6-7(5,8)9-2/h3H,1,4H2,2H3,(H,5,8). The van der Waals surface area contributed by atoms with Crippen LogP contribution in [0.25, 0.3) is 0 Å². The van der Waals surface area contributed by atoms with Crippen LogP contribution >= 0.6 is 17.1 Å². The minimum Gasteiger partial charge on any atom is -0.337 e. The molecule has 0 aliphatic carbocycles. The molecule has 0 rings (SSSR count). The molecule has 0 aliphatic heterocycles. The molecule has 0 saturated carbocycles. The first kappa shape index (κ1) is 9.66. The molecular weight excluding hydrogens is 175 g/mol. The molecule has 0 radical (unpaired) electrons. The molecule has 1 atom stereocenters. The Kier molecular flexibility index (Phi) is 4.80. The lowest BCUT2D eigenvalue weighted by atomic mass is 10.7. The smallest absolute Gasteiger partial charge is 0.244 e. The van der Waals surface area contributed by atoms with Crippen LogP contribution in [0.1, 0.15) is 0 Å². The lowest BCUT2D eigenvalue weighted by Gasteiger charge is -2.09. The molecule has 0 heterocycles. The molecule has 5 heteroatoms. The van der Waals surface area contributed by atoms with E-state index in [1.54, 1.807) is 12.3 Å². The van der Waals surface area contributed by atoms with Gasteiger partial charge in [0.2, 0.25) is 5.69 Å². The molecule has 0 bridgehead atoms. The van der Waals surface area contributed by atoms with Crippen molar-refractivity contribution in [3.05, 3.63) is 12.7 Å². The van der Waals surface area contributed by atoms with Gasteiger partial charge in [-0.15, -0.1) is 6.58 Å². The highest BCUT2D eigenvalue weighted by molar-refractivity contribution is 8.67. The zero-order valence-corrected chi connectivity index (χ0v) is 7.64. The van der Waals surface area contributed by atoms with Gasteiger partial charge >= 0.3 is 0 Å². The SMILES string of the molecule is C=CCOP(O)(=S)SC. The fourth-order valence-electron chi connectivity index (χ4n) is 0.200. The Labute approximate surface area is 64.2 Å². The van der Waals surface area contributed by atoms with Crippen LogP contribution in [0, 0.1) is 0 Å². The molecule has 0 aliphatic rings. The Balaban J connectivity index is 3.58. The number of hydrogen-bond donors (Lipinski definition) is 1. The fourth-order valence-corrected chi connectivity index (χ4v) is 1.28. The molecule has 0 amide bonds. The monoisotopic (exact) mass is 184 g/mol.